The maximum Gasteiger partial charge on any atom is 0.0692 e. The summed E-state index contributed by atoms with van der Waals surface area (Å²) in [5.74, 6) is 2.81. The maximum atomic E-state index is 5.90. The highest BCUT2D eigenvalue weighted by molar-refractivity contribution is 5.29. The minimum atomic E-state index is 0.0934. The number of hydrogen-bond acceptors (Lipinski definition) is 2. The molecule has 0 spiro atoms. The van der Waals surface area contributed by atoms with E-state index in [4.69, 9.17) is 12.2 Å². The molecule has 0 heterocycles. The Labute approximate surface area is 124 Å². The molecule has 1 aromatic carbocycles. The third kappa shape index (κ3) is 4.67. The van der Waals surface area contributed by atoms with Gasteiger partial charge in [0, 0.05) is 12.6 Å². The van der Waals surface area contributed by atoms with Gasteiger partial charge in [-0.25, -0.2) is 0 Å². The highest BCUT2D eigenvalue weighted by atomic mass is 15.0. The van der Waals surface area contributed by atoms with E-state index in [1.807, 2.05) is 0 Å². The molecule has 2 atom stereocenters. The van der Waals surface area contributed by atoms with Crippen molar-refractivity contribution in [1.29, 1.82) is 0 Å². The summed E-state index contributed by atoms with van der Waals surface area (Å²) in [5, 5.41) is 3.47. The number of nitrogens with two attached hydrogens (primary N) is 1. The minimum absolute atomic E-state index is 0.0934. The summed E-state index contributed by atoms with van der Waals surface area (Å²) in [6.07, 6.45) is 7.62. The highest BCUT2D eigenvalue weighted by Crippen LogP contribution is 2.24. The largest absolute Gasteiger partial charge is 0.329 e. The van der Waals surface area contributed by atoms with Crippen molar-refractivity contribution in [3.05, 3.63) is 35.4 Å². The zero-order chi connectivity index (χ0) is 15.2. The van der Waals surface area contributed by atoms with Gasteiger partial charge in [-0.2, -0.15) is 0 Å². The first-order valence-corrected chi connectivity index (χ1v) is 7.45. The molecular formula is C18H28N2. The van der Waals surface area contributed by atoms with Crippen LogP contribution in [0.2, 0.25) is 0 Å². The van der Waals surface area contributed by atoms with E-state index in [0.717, 1.165) is 12.8 Å². The number of rotatable bonds is 6. The number of hydrogen-bond donors (Lipinski definition) is 2. The van der Waals surface area contributed by atoms with Gasteiger partial charge in [-0.1, -0.05) is 64.3 Å². The summed E-state index contributed by atoms with van der Waals surface area (Å²) >= 11 is 0. The molecule has 0 saturated heterocycles. The molecule has 0 bridgehead atoms. The lowest BCUT2D eigenvalue weighted by atomic mass is 9.86. The third-order valence-corrected chi connectivity index (χ3v) is 3.60. The number of nitrogens with one attached hydrogen (secondary N) is 1. The first kappa shape index (κ1) is 16.8. The Bertz CT molecular complexity index is 434. The van der Waals surface area contributed by atoms with Gasteiger partial charge in [0.25, 0.3) is 0 Å². The van der Waals surface area contributed by atoms with E-state index in [0.29, 0.717) is 6.54 Å². The first-order valence-electron chi connectivity index (χ1n) is 7.45. The second kappa shape index (κ2) is 7.47. The van der Waals surface area contributed by atoms with Crippen LogP contribution in [0.15, 0.2) is 24.3 Å². The molecule has 3 N–H and O–H groups in total. The summed E-state index contributed by atoms with van der Waals surface area (Å²) in [6, 6.07) is 8.90. The zero-order valence-corrected chi connectivity index (χ0v) is 13.2. The van der Waals surface area contributed by atoms with Crippen molar-refractivity contribution < 1.29 is 0 Å². The molecule has 0 aliphatic heterocycles. The zero-order valence-electron chi connectivity index (χ0n) is 13.2. The summed E-state index contributed by atoms with van der Waals surface area (Å²) in [4.78, 5) is 0. The third-order valence-electron chi connectivity index (χ3n) is 3.60. The Balaban J connectivity index is 2.83. The van der Waals surface area contributed by atoms with E-state index in [-0.39, 0.29) is 17.5 Å². The molecule has 2 nitrogen and oxygen atoms in total. The molecule has 2 heteroatoms. The Morgan fingerprint density at radius 2 is 1.85 bits per heavy atom. The topological polar surface area (TPSA) is 38.0 Å². The molecule has 0 aliphatic rings. The lowest BCUT2D eigenvalue weighted by molar-refractivity contribution is 0.475. The fraction of sp³-hybridized carbons (Fsp3) is 0.556. The lowest BCUT2D eigenvalue weighted by Crippen LogP contribution is -2.35. The molecule has 0 aliphatic carbocycles. The van der Waals surface area contributed by atoms with E-state index in [2.05, 4.69) is 63.2 Å². The van der Waals surface area contributed by atoms with Crippen LogP contribution in [0.25, 0.3) is 0 Å². The van der Waals surface area contributed by atoms with Gasteiger partial charge in [-0.15, -0.1) is 6.42 Å². The minimum Gasteiger partial charge on any atom is -0.329 e. The summed E-state index contributed by atoms with van der Waals surface area (Å²) in [5.41, 5.74) is 8.61. The van der Waals surface area contributed by atoms with Gasteiger partial charge in [0.1, 0.15) is 0 Å². The maximum absolute atomic E-state index is 5.90. The van der Waals surface area contributed by atoms with E-state index < -0.39 is 0 Å². The SMILES string of the molecule is C#CC(CCC)NC(CN)c1ccc(C(C)(C)C)cc1. The Morgan fingerprint density at radius 3 is 2.25 bits per heavy atom. The molecular weight excluding hydrogens is 244 g/mol. The molecule has 0 radical (unpaired) electrons. The summed E-state index contributed by atoms with van der Waals surface area (Å²) < 4.78 is 0. The van der Waals surface area contributed by atoms with Crippen LogP contribution in [0, 0.1) is 12.3 Å². The van der Waals surface area contributed by atoms with Crippen LogP contribution in [0.3, 0.4) is 0 Å². The normalized spacial score (nSPS) is 14.6. The quantitative estimate of drug-likeness (QED) is 0.779. The van der Waals surface area contributed by atoms with Crippen molar-refractivity contribution in [3.63, 3.8) is 0 Å². The van der Waals surface area contributed by atoms with Crippen molar-refractivity contribution in [2.24, 2.45) is 5.73 Å². The van der Waals surface area contributed by atoms with E-state index in [1.54, 1.807) is 0 Å². The summed E-state index contributed by atoms with van der Waals surface area (Å²) in [7, 11) is 0. The van der Waals surface area contributed by atoms with E-state index in [1.165, 1.54) is 11.1 Å². The average molecular weight is 272 g/mol. The standard InChI is InChI=1S/C18H28N2/c1-6-8-16(7-2)20-17(13-19)14-9-11-15(12-10-14)18(3,4)5/h2,9-12,16-17,20H,6,8,13,19H2,1,3-5H3. The predicted octanol–water partition coefficient (Wildman–Crippen LogP) is 3.38. The van der Waals surface area contributed by atoms with Gasteiger partial charge in [-0.3, -0.25) is 5.32 Å². The van der Waals surface area contributed by atoms with Crippen LogP contribution in [-0.2, 0) is 5.41 Å². The second-order valence-electron chi connectivity index (χ2n) is 6.33. The van der Waals surface area contributed by atoms with Crippen molar-refractivity contribution >= 4 is 0 Å². The van der Waals surface area contributed by atoms with Gasteiger partial charge in [-0.05, 0) is 23.0 Å². The monoisotopic (exact) mass is 272 g/mol. The summed E-state index contributed by atoms with van der Waals surface area (Å²) in [6.45, 7) is 9.35. The number of benzene rings is 1. The van der Waals surface area contributed by atoms with Crippen molar-refractivity contribution in [2.75, 3.05) is 6.54 Å². The molecule has 2 unspecified atom stereocenters. The lowest BCUT2D eigenvalue weighted by Gasteiger charge is -2.24. The fourth-order valence-electron chi connectivity index (χ4n) is 2.26. The molecule has 0 fully saturated rings. The van der Waals surface area contributed by atoms with Crippen molar-refractivity contribution in [3.8, 4) is 12.3 Å². The van der Waals surface area contributed by atoms with Gasteiger partial charge in [0.2, 0.25) is 0 Å². The molecule has 0 saturated carbocycles. The smallest absolute Gasteiger partial charge is 0.0692 e. The average Bonchev–Trinajstić information content (AvgIpc) is 2.42. The molecule has 20 heavy (non-hydrogen) atoms. The Kier molecular flexibility index (Phi) is 6.26. The van der Waals surface area contributed by atoms with E-state index in [9.17, 15) is 0 Å². The Hall–Kier alpha value is -1.30. The second-order valence-corrected chi connectivity index (χ2v) is 6.33. The predicted molar refractivity (Wildman–Crippen MR) is 87.6 cm³/mol. The van der Waals surface area contributed by atoms with Crippen LogP contribution < -0.4 is 11.1 Å². The van der Waals surface area contributed by atoms with Crippen LogP contribution in [0.1, 0.15) is 57.7 Å². The van der Waals surface area contributed by atoms with Crippen LogP contribution >= 0.6 is 0 Å². The van der Waals surface area contributed by atoms with Crippen molar-refractivity contribution in [1.82, 2.24) is 5.32 Å². The molecule has 0 aromatic heterocycles. The first-order chi connectivity index (χ1) is 9.42. The van der Waals surface area contributed by atoms with Crippen molar-refractivity contribution in [2.45, 2.75) is 58.0 Å². The molecule has 1 rings (SSSR count). The van der Waals surface area contributed by atoms with Gasteiger partial charge in [0.05, 0.1) is 6.04 Å². The highest BCUT2D eigenvalue weighted by Gasteiger charge is 2.16. The van der Waals surface area contributed by atoms with Gasteiger partial charge in [0.15, 0.2) is 0 Å². The Morgan fingerprint density at radius 1 is 1.25 bits per heavy atom. The van der Waals surface area contributed by atoms with Gasteiger partial charge >= 0.3 is 0 Å². The molecule has 110 valence electrons. The van der Waals surface area contributed by atoms with Crippen LogP contribution in [-0.4, -0.2) is 12.6 Å². The van der Waals surface area contributed by atoms with Crippen LogP contribution in [0.5, 0.6) is 0 Å². The number of terminal acetylenes is 1. The molecule has 1 aromatic rings. The van der Waals surface area contributed by atoms with Crippen LogP contribution in [0.4, 0.5) is 0 Å². The van der Waals surface area contributed by atoms with E-state index >= 15 is 0 Å². The molecule has 0 amide bonds. The fourth-order valence-corrected chi connectivity index (χ4v) is 2.26. The van der Waals surface area contributed by atoms with Gasteiger partial charge < -0.3 is 5.73 Å².